The van der Waals surface area contributed by atoms with Gasteiger partial charge in [0.2, 0.25) is 0 Å². The molecule has 18 heavy (non-hydrogen) atoms. The van der Waals surface area contributed by atoms with Crippen molar-refractivity contribution in [2.24, 2.45) is 0 Å². The van der Waals surface area contributed by atoms with Gasteiger partial charge in [0.05, 0.1) is 0 Å². The molecular formula is C10H9F3N2O3. The number of rotatable bonds is 3. The molecule has 0 aliphatic carbocycles. The largest absolute Gasteiger partial charge is 0.480 e. The Morgan fingerprint density at radius 1 is 1.39 bits per heavy atom. The van der Waals surface area contributed by atoms with Gasteiger partial charge in [-0.1, -0.05) is 6.07 Å². The van der Waals surface area contributed by atoms with Crippen LogP contribution in [0.5, 0.6) is 0 Å². The average Bonchev–Trinajstić information content (AvgIpc) is 2.23. The molecule has 0 spiro atoms. The van der Waals surface area contributed by atoms with Gasteiger partial charge in [0.15, 0.2) is 0 Å². The third kappa shape index (κ3) is 3.44. The van der Waals surface area contributed by atoms with E-state index in [2.05, 4.69) is 4.98 Å². The smallest absolute Gasteiger partial charge is 0.471 e. The average molecular weight is 262 g/mol. The Morgan fingerprint density at radius 2 is 2.00 bits per heavy atom. The van der Waals surface area contributed by atoms with Crippen molar-refractivity contribution in [1.29, 1.82) is 0 Å². The van der Waals surface area contributed by atoms with Crippen LogP contribution in [-0.4, -0.2) is 34.7 Å². The maximum Gasteiger partial charge on any atom is 0.471 e. The summed E-state index contributed by atoms with van der Waals surface area (Å²) in [6.45, 7) is 0.412. The van der Waals surface area contributed by atoms with Crippen molar-refractivity contribution in [3.8, 4) is 0 Å². The van der Waals surface area contributed by atoms with Gasteiger partial charge in [-0.3, -0.25) is 14.5 Å². The zero-order valence-corrected chi connectivity index (χ0v) is 9.23. The van der Waals surface area contributed by atoms with E-state index in [0.29, 0.717) is 5.69 Å². The van der Waals surface area contributed by atoms with E-state index in [-0.39, 0.29) is 10.7 Å². The van der Waals surface area contributed by atoms with Crippen LogP contribution in [0.15, 0.2) is 18.2 Å². The van der Waals surface area contributed by atoms with Crippen LogP contribution in [0.2, 0.25) is 0 Å². The van der Waals surface area contributed by atoms with Crippen molar-refractivity contribution in [2.45, 2.75) is 13.1 Å². The number of aliphatic carboxylic acids is 1. The number of aromatic nitrogens is 1. The second-order valence-corrected chi connectivity index (χ2v) is 3.42. The fourth-order valence-corrected chi connectivity index (χ4v) is 1.22. The quantitative estimate of drug-likeness (QED) is 0.893. The number of carbonyl (C=O) groups excluding carboxylic acids is 1. The molecule has 0 unspecified atom stereocenters. The Hall–Kier alpha value is -2.12. The molecule has 1 amide bonds. The first kappa shape index (κ1) is 13.9. The molecule has 98 valence electrons. The fraction of sp³-hybridized carbons (Fsp3) is 0.300. The molecule has 0 aliphatic heterocycles. The second kappa shape index (κ2) is 5.03. The molecule has 0 aromatic carbocycles. The van der Waals surface area contributed by atoms with E-state index in [9.17, 15) is 22.8 Å². The van der Waals surface area contributed by atoms with Gasteiger partial charge in [0, 0.05) is 5.69 Å². The number of alkyl halides is 3. The summed E-state index contributed by atoms with van der Waals surface area (Å²) in [6.07, 6.45) is -5.15. The number of carboxylic acids is 1. The number of aryl methyl sites for hydroxylation is 1. The van der Waals surface area contributed by atoms with E-state index in [0.717, 1.165) is 6.07 Å². The van der Waals surface area contributed by atoms with E-state index in [1.165, 1.54) is 19.1 Å². The summed E-state index contributed by atoms with van der Waals surface area (Å²) in [6, 6.07) is 4.04. The molecule has 5 nitrogen and oxygen atoms in total. The molecule has 0 saturated heterocycles. The maximum atomic E-state index is 12.3. The van der Waals surface area contributed by atoms with Crippen molar-refractivity contribution in [3.63, 3.8) is 0 Å². The first-order valence-corrected chi connectivity index (χ1v) is 4.76. The van der Waals surface area contributed by atoms with E-state index in [1.807, 2.05) is 0 Å². The van der Waals surface area contributed by atoms with Crippen molar-refractivity contribution < 1.29 is 27.9 Å². The van der Waals surface area contributed by atoms with Crippen molar-refractivity contribution >= 4 is 17.7 Å². The lowest BCUT2D eigenvalue weighted by Crippen LogP contribution is -2.44. The van der Waals surface area contributed by atoms with E-state index in [4.69, 9.17) is 5.11 Å². The molecule has 0 fully saturated rings. The van der Waals surface area contributed by atoms with Crippen LogP contribution in [-0.2, 0) is 9.59 Å². The van der Waals surface area contributed by atoms with Crippen molar-refractivity contribution in [2.75, 3.05) is 11.4 Å². The number of carboxylic acid groups (broad SMARTS) is 1. The maximum absolute atomic E-state index is 12.3. The van der Waals surface area contributed by atoms with Crippen LogP contribution >= 0.6 is 0 Å². The van der Waals surface area contributed by atoms with Gasteiger partial charge in [-0.25, -0.2) is 4.98 Å². The SMILES string of the molecule is Cc1cccc(N(CC(=O)O)C(=O)C(F)(F)F)n1. The van der Waals surface area contributed by atoms with E-state index >= 15 is 0 Å². The van der Waals surface area contributed by atoms with Gasteiger partial charge < -0.3 is 5.11 Å². The number of halogens is 3. The summed E-state index contributed by atoms with van der Waals surface area (Å²) >= 11 is 0. The van der Waals surface area contributed by atoms with Crippen LogP contribution in [0, 0.1) is 6.92 Å². The van der Waals surface area contributed by atoms with Gasteiger partial charge in [0.25, 0.3) is 0 Å². The van der Waals surface area contributed by atoms with Crippen LogP contribution < -0.4 is 4.90 Å². The molecule has 0 radical (unpaired) electrons. The lowest BCUT2D eigenvalue weighted by Gasteiger charge is -2.21. The topological polar surface area (TPSA) is 70.5 Å². The molecule has 1 aromatic heterocycles. The zero-order chi connectivity index (χ0) is 13.9. The summed E-state index contributed by atoms with van der Waals surface area (Å²) < 4.78 is 37.0. The highest BCUT2D eigenvalue weighted by molar-refractivity contribution is 5.99. The highest BCUT2D eigenvalue weighted by Crippen LogP contribution is 2.22. The van der Waals surface area contributed by atoms with Crippen LogP contribution in [0.1, 0.15) is 5.69 Å². The number of carbonyl (C=O) groups is 2. The highest BCUT2D eigenvalue weighted by Gasteiger charge is 2.44. The molecule has 8 heteroatoms. The minimum absolute atomic E-state index is 0.0787. The molecule has 0 aliphatic rings. The third-order valence-electron chi connectivity index (χ3n) is 1.93. The van der Waals surface area contributed by atoms with E-state index in [1.54, 1.807) is 0 Å². The number of hydrogen-bond acceptors (Lipinski definition) is 3. The molecule has 1 heterocycles. The summed E-state index contributed by atoms with van der Waals surface area (Å²) in [5.74, 6) is -4.17. The molecule has 0 bridgehead atoms. The molecule has 0 atom stereocenters. The number of pyridine rings is 1. The van der Waals surface area contributed by atoms with E-state index < -0.39 is 24.6 Å². The summed E-state index contributed by atoms with van der Waals surface area (Å²) in [7, 11) is 0. The fourth-order valence-electron chi connectivity index (χ4n) is 1.22. The Balaban J connectivity index is 3.13. The van der Waals surface area contributed by atoms with Gasteiger partial charge in [-0.15, -0.1) is 0 Å². The van der Waals surface area contributed by atoms with Gasteiger partial charge in [-0.2, -0.15) is 13.2 Å². The Bertz CT molecular complexity index is 474. The predicted octanol–water partition coefficient (Wildman–Crippen LogP) is 1.37. The number of anilines is 1. The number of nitrogens with zero attached hydrogens (tertiary/aromatic N) is 2. The molecule has 1 rings (SSSR count). The van der Waals surface area contributed by atoms with Crippen LogP contribution in [0.3, 0.4) is 0 Å². The molecule has 1 N–H and O–H groups in total. The minimum Gasteiger partial charge on any atom is -0.480 e. The lowest BCUT2D eigenvalue weighted by atomic mass is 10.3. The lowest BCUT2D eigenvalue weighted by molar-refractivity contribution is -0.171. The van der Waals surface area contributed by atoms with Gasteiger partial charge >= 0.3 is 18.1 Å². The highest BCUT2D eigenvalue weighted by atomic mass is 19.4. The first-order chi connectivity index (χ1) is 8.21. The molecular weight excluding hydrogens is 253 g/mol. The second-order valence-electron chi connectivity index (χ2n) is 3.42. The van der Waals surface area contributed by atoms with Gasteiger partial charge in [-0.05, 0) is 19.1 Å². The molecule has 0 saturated carbocycles. The van der Waals surface area contributed by atoms with Crippen LogP contribution in [0.4, 0.5) is 19.0 Å². The Kier molecular flexibility index (Phi) is 3.89. The summed E-state index contributed by atoms with van der Waals surface area (Å²) in [4.78, 5) is 25.4. The van der Waals surface area contributed by atoms with Crippen molar-refractivity contribution in [1.82, 2.24) is 4.98 Å². The predicted molar refractivity (Wildman–Crippen MR) is 55.0 cm³/mol. The summed E-state index contributed by atoms with van der Waals surface area (Å²) in [5, 5.41) is 8.54. The van der Waals surface area contributed by atoms with Crippen molar-refractivity contribution in [3.05, 3.63) is 23.9 Å². The zero-order valence-electron chi connectivity index (χ0n) is 9.23. The normalized spacial score (nSPS) is 11.1. The van der Waals surface area contributed by atoms with Crippen LogP contribution in [0.25, 0.3) is 0 Å². The molecule has 1 aromatic rings. The monoisotopic (exact) mass is 262 g/mol. The standard InChI is InChI=1S/C10H9F3N2O3/c1-6-3-2-4-7(14-6)15(5-8(16)17)9(18)10(11,12)13/h2-4H,5H2,1H3,(H,16,17). The number of hydrogen-bond donors (Lipinski definition) is 1. The third-order valence-corrected chi connectivity index (χ3v) is 1.93. The summed E-state index contributed by atoms with van der Waals surface area (Å²) in [5.41, 5.74) is 0.373. The Labute approximate surface area is 99.8 Å². The van der Waals surface area contributed by atoms with Gasteiger partial charge in [0.1, 0.15) is 12.4 Å². The number of amides is 1. The minimum atomic E-state index is -5.15. The Morgan fingerprint density at radius 3 is 2.44 bits per heavy atom. The first-order valence-electron chi connectivity index (χ1n) is 4.76.